The number of quaternary nitrogens is 3. The fourth-order valence-electron chi connectivity index (χ4n) is 9.51. The van der Waals surface area contributed by atoms with E-state index in [2.05, 4.69) is 88.6 Å². The molecule has 0 saturated carbocycles. The summed E-state index contributed by atoms with van der Waals surface area (Å²) in [4.78, 5) is 181. The van der Waals surface area contributed by atoms with Crippen molar-refractivity contribution in [3.05, 3.63) is 113 Å². The summed E-state index contributed by atoms with van der Waals surface area (Å²) in [6.07, 6.45) is 3.87. The van der Waals surface area contributed by atoms with Crippen LogP contribution in [0.15, 0.2) is 67.0 Å². The van der Waals surface area contributed by atoms with Gasteiger partial charge in [0.1, 0.15) is 36.0 Å². The molecule has 650 valence electrons. The average Bonchev–Trinajstić information content (AvgIpc) is 0.812. The lowest BCUT2D eigenvalue weighted by molar-refractivity contribution is -0.368. The molecule has 0 aliphatic heterocycles. The largest absolute Gasteiger partial charge is 0.481 e. The first-order valence-corrected chi connectivity index (χ1v) is 36.6. The van der Waals surface area contributed by atoms with Crippen molar-refractivity contribution in [1.29, 1.82) is 0 Å². The zero-order chi connectivity index (χ0) is 89.5. The van der Waals surface area contributed by atoms with E-state index in [0.29, 0.717) is 71.0 Å². The standard InChI is InChI=1S/C21H31N5O8.C20H26FN3O7.C15H13F4N2O2.C12H21N3O7.C6H15N/c1-26(2,3)16-9-7-13(12-23-16)18(29)22-11-5-4-6-14(19(30)31)24-21(34)25-15(20(32)33)8-10-17(27)28;1-12(25)15(9-10-17(26)27)23-20(31)24-16(19(29)30)4-2-3-11-22-18(28)13-5-7-14(21)8-6-13;1-21(2,3)11-5-4-8(7-20-11)15(22)23-14-12(18)9(16)6-10(17)13(14)19;13-6-2-1-3-7(10(18)19)14-12(22)15-8(11(20)21)4-5-9(16)17;1-4-7(5-2)6-3/h7,9,12,14-15H,4-6,8,10-11H2,1-3H3,(H5-,22,24,25,27,28,29,30,31,32,33,34);5-8,15-16H,2-4,9-11H2,1H3,(H,22,28)(H,26,27)(H,29,30)(H2,23,24,31);4-7H,1-3H3;7-8H,1-6,13H2,(H,16,17)(H,18,19)(H,20,21)(H2,14,15,22);4-6H2,1-3H3/q;;+1;;/p+2/i;21-1;;;. The molecule has 2 aromatic carbocycles. The summed E-state index contributed by atoms with van der Waals surface area (Å²) in [5, 5.41) is 89.7. The quantitative estimate of drug-likeness (QED) is 0.00727. The zero-order valence-corrected chi connectivity index (χ0v) is 66.6. The Kier molecular flexibility index (Phi) is 49.0. The summed E-state index contributed by atoms with van der Waals surface area (Å²) in [7, 11) is 11.4. The summed E-state index contributed by atoms with van der Waals surface area (Å²) in [6.45, 7) is 12.5. The van der Waals surface area contributed by atoms with Crippen LogP contribution in [0, 0.1) is 29.1 Å². The van der Waals surface area contributed by atoms with E-state index in [1.54, 1.807) is 12.1 Å². The van der Waals surface area contributed by atoms with E-state index in [-0.39, 0.29) is 81.5 Å². The number of halogens is 5. The Morgan fingerprint density at radius 2 is 0.735 bits per heavy atom. The third-order valence-electron chi connectivity index (χ3n) is 16.2. The van der Waals surface area contributed by atoms with Crippen LogP contribution in [0.25, 0.3) is 0 Å². The number of aromatic nitrogens is 2. The van der Waals surface area contributed by atoms with Gasteiger partial charge in [0.05, 0.1) is 66.0 Å². The molecule has 0 aliphatic rings. The maximum absolute atomic E-state index is 13.5. The Morgan fingerprint density at radius 3 is 1.03 bits per heavy atom. The molecule has 4 aromatic rings. The molecule has 0 saturated heterocycles. The van der Waals surface area contributed by atoms with Crippen LogP contribution in [-0.4, -0.2) is 263 Å². The van der Waals surface area contributed by atoms with Crippen molar-refractivity contribution in [3.63, 3.8) is 0 Å². The summed E-state index contributed by atoms with van der Waals surface area (Å²) < 4.78 is 71.3. The number of rotatable bonds is 44. The Bertz CT molecular complexity index is 3900. The predicted molar refractivity (Wildman–Crippen MR) is 410 cm³/mol. The summed E-state index contributed by atoms with van der Waals surface area (Å²) in [5.41, 5.74) is 4.20. The molecule has 43 heteroatoms. The smallest absolute Gasteiger partial charge is 0.345 e. The molecular formula is C74H108F5N14O24+3. The Hall–Kier alpha value is -12.1. The first-order chi connectivity index (χ1) is 54.6. The van der Waals surface area contributed by atoms with Gasteiger partial charge in [0.25, 0.3) is 11.8 Å². The van der Waals surface area contributed by atoms with Crippen LogP contribution in [0.5, 0.6) is 5.75 Å². The first kappa shape index (κ1) is 105. The van der Waals surface area contributed by atoms with Gasteiger partial charge in [-0.05, 0) is 140 Å². The molecule has 2 heterocycles. The Labute approximate surface area is 670 Å². The molecule has 38 nitrogen and oxygen atoms in total. The lowest BCUT2D eigenvalue weighted by Crippen LogP contribution is -2.51. The van der Waals surface area contributed by atoms with Crippen molar-refractivity contribution in [1.82, 2.24) is 66.4 Å². The Balaban J connectivity index is 0.00000151. The molecule has 0 bridgehead atoms. The number of benzene rings is 2. The molecule has 0 spiro atoms. The van der Waals surface area contributed by atoms with E-state index in [0.717, 1.165) is 12.0 Å². The number of carbonyl (C=O) groups is 15. The van der Waals surface area contributed by atoms with E-state index in [9.17, 15) is 104 Å². The van der Waals surface area contributed by atoms with Gasteiger partial charge in [-0.15, -0.1) is 0 Å². The highest BCUT2D eigenvalue weighted by Crippen LogP contribution is 2.28. The van der Waals surface area contributed by atoms with Gasteiger partial charge in [-0.1, -0.05) is 20.8 Å². The lowest BCUT2D eigenvalue weighted by Gasteiger charge is -2.21. The third-order valence-corrected chi connectivity index (χ3v) is 16.2. The number of hydrogen-bond donors (Lipinski definition) is 17. The molecule has 8 amide bonds. The van der Waals surface area contributed by atoms with Crippen molar-refractivity contribution >= 4 is 101 Å². The number of urea groups is 3. The van der Waals surface area contributed by atoms with Crippen LogP contribution in [0.3, 0.4) is 0 Å². The number of ketones is 1. The number of carbonyl (C=O) groups excluding carboxylic acids is 7. The second-order valence-corrected chi connectivity index (χ2v) is 27.3. The van der Waals surface area contributed by atoms with Crippen LogP contribution in [-0.2, 0) is 43.2 Å². The maximum Gasteiger partial charge on any atom is 0.345 e. The van der Waals surface area contributed by atoms with Crippen molar-refractivity contribution in [2.75, 3.05) is 81.6 Å². The topological polar surface area (TPSA) is 580 Å². The number of nitrogens with one attached hydrogen (secondary N) is 8. The van der Waals surface area contributed by atoms with Gasteiger partial charge in [0, 0.05) is 68.5 Å². The number of carboxylic acid groups (broad SMARTS) is 8. The van der Waals surface area contributed by atoms with E-state index in [1.807, 2.05) is 42.3 Å². The van der Waals surface area contributed by atoms with Crippen LogP contribution < -0.4 is 62.0 Å². The monoisotopic (exact) mass is 1670 g/mol. The molecule has 117 heavy (non-hydrogen) atoms. The van der Waals surface area contributed by atoms with Crippen LogP contribution in [0.1, 0.15) is 155 Å². The van der Waals surface area contributed by atoms with Gasteiger partial charge in [-0.3, -0.25) is 37.7 Å². The molecule has 6 atom stereocenters. The lowest BCUT2D eigenvalue weighted by atomic mass is 10.1. The normalized spacial score (nSPS) is 12.3. The number of Topliss-reactive ketones (excluding diaryl/α,β-unsaturated/α-hetero) is 1. The van der Waals surface area contributed by atoms with E-state index >= 15 is 0 Å². The molecule has 0 fully saturated rings. The van der Waals surface area contributed by atoms with Crippen molar-refractivity contribution < 1.29 is 145 Å². The summed E-state index contributed by atoms with van der Waals surface area (Å²) in [5.74, 6) is -19.8. The number of unbranched alkanes of at least 4 members (excludes halogenated alkanes) is 3. The SMILES string of the molecule is CC(=O)C(CCC(=O)O)NC(=O)NC(CCCCNC(=O)c1ccc([18F])cc1)C(=O)O.CCN(CC)CC.C[N+](C)(C)c1ccc(C(=O)NCCCCC(NC(=O)NC(CCC(=O)O)C(=O)O)C(=O)O)cn1.C[N+](C)(C)c1ccc(C(=O)Oc2c(F)c(F)cc(F)c2F)cn1.[NH3+]CCCCC(NC(=O)NC(CCC(=O)O)C(=O)O)C(=O)O. The number of pyridine rings is 2. The van der Waals surface area contributed by atoms with Gasteiger partial charge in [-0.25, -0.2) is 66.3 Å². The molecule has 0 aliphatic carbocycles. The predicted octanol–water partition coefficient (Wildman–Crippen LogP) is 4.42. The highest BCUT2D eigenvalue weighted by molar-refractivity contribution is 5.95. The minimum atomic E-state index is -1.78. The number of carboxylic acids is 8. The maximum atomic E-state index is 13.5. The van der Waals surface area contributed by atoms with Crippen LogP contribution in [0.4, 0.5) is 48.0 Å². The zero-order valence-electron chi connectivity index (χ0n) is 66.6. The second kappa shape index (κ2) is 54.6. The van der Waals surface area contributed by atoms with Crippen molar-refractivity contribution in [2.45, 2.75) is 160 Å². The van der Waals surface area contributed by atoms with E-state index in [1.165, 1.54) is 69.2 Å². The minimum absolute atomic E-state index is 0.0274. The number of esters is 1. The van der Waals surface area contributed by atoms with E-state index < -0.39 is 162 Å². The molecular weight excluding hydrogens is 1560 g/mol. The number of ether oxygens (including phenoxy) is 1. The third kappa shape index (κ3) is 44.4. The highest BCUT2D eigenvalue weighted by Gasteiger charge is 2.30. The average molecular weight is 1670 g/mol. The first-order valence-electron chi connectivity index (χ1n) is 36.6. The minimum Gasteiger partial charge on any atom is -0.481 e. The van der Waals surface area contributed by atoms with Gasteiger partial charge in [-0.2, -0.15) is 8.78 Å². The van der Waals surface area contributed by atoms with Gasteiger partial charge in [0.15, 0.2) is 17.4 Å². The summed E-state index contributed by atoms with van der Waals surface area (Å²) >= 11 is 0. The summed E-state index contributed by atoms with van der Waals surface area (Å²) in [6, 6.07) is 0.936. The number of hydrogen-bond acceptors (Lipinski definition) is 19. The molecule has 0 radical (unpaired) electrons. The van der Waals surface area contributed by atoms with E-state index in [4.69, 9.17) is 30.6 Å². The second-order valence-electron chi connectivity index (χ2n) is 27.3. The Morgan fingerprint density at radius 1 is 0.427 bits per heavy atom. The van der Waals surface area contributed by atoms with Gasteiger partial charge < -0.3 is 98.8 Å². The van der Waals surface area contributed by atoms with Crippen LogP contribution in [0.2, 0.25) is 0 Å². The fraction of sp³-hybridized carbons (Fsp3) is 0.500. The molecule has 19 N–H and O–H groups in total. The number of aliphatic carboxylic acids is 8. The molecule has 4 rings (SSSR count). The fourth-order valence-corrected chi connectivity index (χ4v) is 9.51. The van der Waals surface area contributed by atoms with Crippen LogP contribution >= 0.6 is 0 Å². The van der Waals surface area contributed by atoms with Gasteiger partial charge >= 0.3 is 71.8 Å². The molecule has 6 unspecified atom stereocenters. The van der Waals surface area contributed by atoms with Crippen molar-refractivity contribution in [3.8, 4) is 5.75 Å². The van der Waals surface area contributed by atoms with Gasteiger partial charge in [0.2, 0.25) is 29.0 Å². The number of amides is 8. The molecule has 2 aromatic heterocycles. The number of nitrogens with zero attached hydrogens (tertiary/aromatic N) is 5. The van der Waals surface area contributed by atoms with Crippen molar-refractivity contribution in [2.24, 2.45) is 0 Å². The highest BCUT2D eigenvalue weighted by atomic mass is 19.2.